The maximum Gasteiger partial charge on any atom is 0 e. The predicted molar refractivity (Wildman–Crippen MR) is 0 cm³/mol. The Labute approximate surface area is 72.0 Å². The summed E-state index contributed by atoms with van der Waals surface area (Å²) in [5, 5.41) is 0. The molecule has 0 N–H and O–H groups in total. The zero-order chi connectivity index (χ0) is 0. The van der Waals surface area contributed by atoms with E-state index in [0.29, 0.717) is 0 Å². The third-order valence-corrected chi connectivity index (χ3v) is 0. The van der Waals surface area contributed by atoms with Crippen LogP contribution in [0.5, 0.6) is 0 Å². The summed E-state index contributed by atoms with van der Waals surface area (Å²) in [5.41, 5.74) is 0. The smallest absolute Gasteiger partial charge is 0 e. The Hall–Kier alpha value is 2.26. The second-order valence-corrected chi connectivity index (χ2v) is 0. The average molecular weight is 370 g/mol. The molecule has 4 heteroatoms. The van der Waals surface area contributed by atoms with Gasteiger partial charge in [0.15, 0.2) is 0 Å². The van der Waals surface area contributed by atoms with Crippen molar-refractivity contribution in [1.29, 1.82) is 0 Å². The fraction of sp³-hybridized carbons (Fsp3) is 0. The van der Waals surface area contributed by atoms with Gasteiger partial charge >= 0.3 is 0 Å². The molecular formula is AuCoMnNi. The molecule has 3 radical (unpaired) electrons. The van der Waals surface area contributed by atoms with Gasteiger partial charge < -0.3 is 0 Å². The van der Waals surface area contributed by atoms with Gasteiger partial charge in [0.2, 0.25) is 0 Å². The van der Waals surface area contributed by atoms with E-state index in [4.69, 9.17) is 0 Å². The van der Waals surface area contributed by atoms with Gasteiger partial charge in [-0.3, -0.25) is 0 Å². The third kappa shape index (κ3) is 8.86. The molecule has 0 aliphatic carbocycles. The molecule has 0 aliphatic heterocycles. The topological polar surface area (TPSA) is 0 Å². The molecule has 0 saturated carbocycles. The summed E-state index contributed by atoms with van der Waals surface area (Å²) in [4.78, 5) is 0. The van der Waals surface area contributed by atoms with Gasteiger partial charge in [0.05, 0.1) is 0 Å². The second-order valence-electron chi connectivity index (χ2n) is 0. The van der Waals surface area contributed by atoms with Crippen molar-refractivity contribution in [2.45, 2.75) is 0 Å². The molecule has 0 bridgehead atoms. The van der Waals surface area contributed by atoms with E-state index in [9.17, 15) is 0 Å². The minimum absolute atomic E-state index is 0. The molecule has 4 heavy (non-hydrogen) atoms. The molecule has 0 aromatic rings. The minimum atomic E-state index is 0. The molecule has 0 atom stereocenters. The Bertz CT molecular complexity index is 8.00. The molecule has 0 unspecified atom stereocenters. The van der Waals surface area contributed by atoms with Gasteiger partial charge in [0.1, 0.15) is 0 Å². The first kappa shape index (κ1) is 33.9. The molecule has 0 spiro atoms. The fourth-order valence-corrected chi connectivity index (χ4v) is 0. The Kier molecular flexibility index (Phi) is 158. The second kappa shape index (κ2) is 18.7. The standard InChI is InChI=1S/Au.Co.Mn.Ni. The summed E-state index contributed by atoms with van der Waals surface area (Å²) in [7, 11) is 0. The fourth-order valence-electron chi connectivity index (χ4n) is 0. The van der Waals surface area contributed by atoms with E-state index in [1.165, 1.54) is 0 Å². The Morgan fingerprint density at radius 2 is 1.00 bits per heavy atom. The van der Waals surface area contributed by atoms with Crippen LogP contribution >= 0.6 is 0 Å². The van der Waals surface area contributed by atoms with Gasteiger partial charge in [0, 0.05) is 72.7 Å². The first-order chi connectivity index (χ1) is 0. The first-order valence-electron chi connectivity index (χ1n) is 0. The number of hydrogen-bond acceptors (Lipinski definition) is 0. The zero-order valence-electron chi connectivity index (χ0n) is 1.33. The van der Waals surface area contributed by atoms with Gasteiger partial charge in [-0.1, -0.05) is 0 Å². The van der Waals surface area contributed by atoms with Gasteiger partial charge in [0.25, 0.3) is 0 Å². The Morgan fingerprint density at radius 1 is 1.00 bits per heavy atom. The monoisotopic (exact) mass is 369 g/mol. The van der Waals surface area contributed by atoms with Crippen LogP contribution in [0.3, 0.4) is 0 Å². The summed E-state index contributed by atoms with van der Waals surface area (Å²) >= 11 is 0. The van der Waals surface area contributed by atoms with Crippen LogP contribution < -0.4 is 0 Å². The van der Waals surface area contributed by atoms with E-state index in [0.717, 1.165) is 0 Å². The van der Waals surface area contributed by atoms with Crippen LogP contribution in [0, 0.1) is 0 Å². The van der Waals surface area contributed by atoms with Crippen LogP contribution in [0.25, 0.3) is 0 Å². The van der Waals surface area contributed by atoms with Gasteiger partial charge in [-0.25, -0.2) is 0 Å². The number of hydrogen-bond donors (Lipinski definition) is 0. The molecule has 0 heterocycles. The van der Waals surface area contributed by atoms with Crippen LogP contribution in [0.4, 0.5) is 0 Å². The van der Waals surface area contributed by atoms with E-state index >= 15 is 0 Å². The summed E-state index contributed by atoms with van der Waals surface area (Å²) in [6.45, 7) is 0. The summed E-state index contributed by atoms with van der Waals surface area (Å²) < 4.78 is 0. The van der Waals surface area contributed by atoms with Crippen LogP contribution in [0.2, 0.25) is 0 Å². The maximum absolute atomic E-state index is 0. The molecule has 0 aliphatic rings. The molecule has 0 rings (SSSR count). The average Bonchev–Trinajstić information content (AvgIpc) is 0. The van der Waals surface area contributed by atoms with E-state index < -0.39 is 0 Å². The van der Waals surface area contributed by atoms with Crippen molar-refractivity contribution in [3.8, 4) is 0 Å². The molecule has 0 aromatic heterocycles. The van der Waals surface area contributed by atoms with Crippen molar-refractivity contribution in [2.24, 2.45) is 0 Å². The largest absolute Gasteiger partial charge is 0 e. The van der Waals surface area contributed by atoms with Crippen LogP contribution in [-0.2, 0) is 72.7 Å². The minimum Gasteiger partial charge on any atom is 0 e. The van der Waals surface area contributed by atoms with Crippen molar-refractivity contribution < 1.29 is 72.7 Å². The summed E-state index contributed by atoms with van der Waals surface area (Å²) in [6.07, 6.45) is 0. The SMILES string of the molecule is [Au].[Co].[Mn].[Ni]. The van der Waals surface area contributed by atoms with Crippen molar-refractivity contribution in [2.75, 3.05) is 0 Å². The third-order valence-electron chi connectivity index (χ3n) is 0. The van der Waals surface area contributed by atoms with E-state index in [2.05, 4.69) is 0 Å². The predicted octanol–water partition coefficient (Wildman–Crippen LogP) is -0.0100. The van der Waals surface area contributed by atoms with Crippen molar-refractivity contribution in [3.05, 3.63) is 0 Å². The van der Waals surface area contributed by atoms with Crippen molar-refractivity contribution >= 4 is 0 Å². The van der Waals surface area contributed by atoms with Crippen molar-refractivity contribution in [3.63, 3.8) is 0 Å². The maximum atomic E-state index is 0. The Balaban J connectivity index is 0. The zero-order valence-corrected chi connectivity index (χ0v) is 6.70. The summed E-state index contributed by atoms with van der Waals surface area (Å²) in [6, 6.07) is 0. The number of rotatable bonds is 0. The van der Waals surface area contributed by atoms with Crippen LogP contribution in [0.1, 0.15) is 0 Å². The van der Waals surface area contributed by atoms with E-state index in [-0.39, 0.29) is 72.7 Å². The van der Waals surface area contributed by atoms with Gasteiger partial charge in [-0.15, -0.1) is 0 Å². The quantitative estimate of drug-likeness (QED) is 0.527. The molecule has 0 aromatic carbocycles. The van der Waals surface area contributed by atoms with E-state index in [1.54, 1.807) is 0 Å². The Morgan fingerprint density at radius 3 is 1.00 bits per heavy atom. The molecule has 0 saturated heterocycles. The molecular weight excluding hydrogens is 370 g/mol. The van der Waals surface area contributed by atoms with E-state index in [1.807, 2.05) is 0 Å². The normalized spacial score (nSPS) is 0. The molecule has 37 valence electrons. The van der Waals surface area contributed by atoms with Gasteiger partial charge in [-0.2, -0.15) is 0 Å². The molecule has 0 nitrogen and oxygen atoms in total. The molecule has 0 fully saturated rings. The van der Waals surface area contributed by atoms with Crippen LogP contribution in [-0.4, -0.2) is 0 Å². The summed E-state index contributed by atoms with van der Waals surface area (Å²) in [5.74, 6) is 0. The first-order valence-corrected chi connectivity index (χ1v) is 0. The van der Waals surface area contributed by atoms with Crippen LogP contribution in [0.15, 0.2) is 0 Å². The molecule has 0 amide bonds. The van der Waals surface area contributed by atoms with Gasteiger partial charge in [-0.05, 0) is 0 Å². The van der Waals surface area contributed by atoms with Crippen molar-refractivity contribution in [1.82, 2.24) is 0 Å².